The molecule has 1 N–H and O–H groups in total. The Labute approximate surface area is 172 Å². The van der Waals surface area contributed by atoms with Gasteiger partial charge in [-0.2, -0.15) is 13.2 Å². The smallest absolute Gasteiger partial charge is 0.426 e. The molecule has 2 unspecified atom stereocenters. The number of benzene rings is 2. The van der Waals surface area contributed by atoms with E-state index < -0.39 is 18.4 Å². The van der Waals surface area contributed by atoms with E-state index in [1.54, 1.807) is 4.90 Å². The molecule has 8 heteroatoms. The maximum absolute atomic E-state index is 13.5. The SMILES string of the molecule is O=C(Nc1ccc(Cl)cc1)OC(CN1CCCC(c2ccccc2)C1)C(F)(F)F. The Kier molecular flexibility index (Phi) is 7.03. The zero-order valence-electron chi connectivity index (χ0n) is 15.7. The number of anilines is 1. The third-order valence-electron chi connectivity index (χ3n) is 4.91. The van der Waals surface area contributed by atoms with Gasteiger partial charge in [-0.3, -0.25) is 10.2 Å². The van der Waals surface area contributed by atoms with Crippen LogP contribution in [0.1, 0.15) is 24.3 Å². The van der Waals surface area contributed by atoms with Crippen molar-refractivity contribution in [2.45, 2.75) is 31.0 Å². The molecule has 1 aliphatic rings. The number of piperidine rings is 1. The third-order valence-corrected chi connectivity index (χ3v) is 5.16. The van der Waals surface area contributed by atoms with Crippen LogP contribution >= 0.6 is 11.6 Å². The molecule has 0 aliphatic carbocycles. The number of ether oxygens (including phenoxy) is 1. The standard InChI is InChI=1S/C21H22ClF3N2O2/c22-17-8-10-18(11-9-17)26-20(28)29-19(21(23,24)25)14-27-12-4-7-16(13-27)15-5-2-1-3-6-15/h1-3,5-6,8-11,16,19H,4,7,12-14H2,(H,26,28). The molecule has 1 heterocycles. The minimum Gasteiger partial charge on any atom is -0.435 e. The van der Waals surface area contributed by atoms with Gasteiger partial charge in [0.15, 0.2) is 0 Å². The van der Waals surface area contributed by atoms with Crippen LogP contribution in [0.4, 0.5) is 23.7 Å². The van der Waals surface area contributed by atoms with Crippen molar-refractivity contribution in [1.82, 2.24) is 4.90 Å². The maximum Gasteiger partial charge on any atom is 0.426 e. The van der Waals surface area contributed by atoms with Crippen molar-refractivity contribution in [3.05, 3.63) is 65.2 Å². The maximum atomic E-state index is 13.5. The van der Waals surface area contributed by atoms with Crippen molar-refractivity contribution >= 4 is 23.4 Å². The largest absolute Gasteiger partial charge is 0.435 e. The molecule has 0 spiro atoms. The molecule has 0 radical (unpaired) electrons. The van der Waals surface area contributed by atoms with Gasteiger partial charge in [0.25, 0.3) is 0 Å². The number of amides is 1. The van der Waals surface area contributed by atoms with Gasteiger partial charge in [-0.25, -0.2) is 4.79 Å². The van der Waals surface area contributed by atoms with Crippen LogP contribution in [-0.4, -0.2) is 42.9 Å². The van der Waals surface area contributed by atoms with Crippen molar-refractivity contribution in [2.75, 3.05) is 25.0 Å². The Morgan fingerprint density at radius 3 is 2.52 bits per heavy atom. The molecule has 0 saturated carbocycles. The second-order valence-electron chi connectivity index (χ2n) is 7.08. The highest BCUT2D eigenvalue weighted by molar-refractivity contribution is 6.30. The summed E-state index contributed by atoms with van der Waals surface area (Å²) in [5.74, 6) is 0.168. The Morgan fingerprint density at radius 2 is 1.86 bits per heavy atom. The molecular weight excluding hydrogens is 405 g/mol. The summed E-state index contributed by atoms with van der Waals surface area (Å²) in [7, 11) is 0. The van der Waals surface area contributed by atoms with Crippen LogP contribution in [0.3, 0.4) is 0 Å². The topological polar surface area (TPSA) is 41.6 Å². The van der Waals surface area contributed by atoms with Gasteiger partial charge >= 0.3 is 12.3 Å². The first-order chi connectivity index (χ1) is 13.8. The molecule has 1 amide bonds. The van der Waals surface area contributed by atoms with Crippen LogP contribution in [0.25, 0.3) is 0 Å². The first-order valence-electron chi connectivity index (χ1n) is 9.38. The van der Waals surface area contributed by atoms with E-state index in [4.69, 9.17) is 16.3 Å². The highest BCUT2D eigenvalue weighted by Gasteiger charge is 2.44. The second kappa shape index (κ2) is 9.50. The number of carbonyl (C=O) groups is 1. The lowest BCUT2D eigenvalue weighted by Crippen LogP contribution is -2.47. The molecule has 0 aromatic heterocycles. The average molecular weight is 427 g/mol. The molecule has 3 rings (SSSR count). The fourth-order valence-electron chi connectivity index (χ4n) is 3.47. The zero-order chi connectivity index (χ0) is 20.9. The van der Waals surface area contributed by atoms with E-state index in [9.17, 15) is 18.0 Å². The minimum absolute atomic E-state index is 0.168. The summed E-state index contributed by atoms with van der Waals surface area (Å²) >= 11 is 5.76. The normalized spacial score (nSPS) is 18.8. The number of hydrogen-bond acceptors (Lipinski definition) is 3. The van der Waals surface area contributed by atoms with Gasteiger partial charge in [0.2, 0.25) is 6.10 Å². The lowest BCUT2D eigenvalue weighted by atomic mass is 9.90. The van der Waals surface area contributed by atoms with Crippen molar-refractivity contribution < 1.29 is 22.7 Å². The summed E-state index contributed by atoms with van der Waals surface area (Å²) in [6.45, 7) is 0.651. The summed E-state index contributed by atoms with van der Waals surface area (Å²) in [5.41, 5.74) is 1.42. The van der Waals surface area contributed by atoms with Gasteiger partial charge in [-0.1, -0.05) is 41.9 Å². The van der Waals surface area contributed by atoms with Crippen LogP contribution in [-0.2, 0) is 4.74 Å². The summed E-state index contributed by atoms with van der Waals surface area (Å²) < 4.78 is 45.2. The number of likely N-dealkylation sites (tertiary alicyclic amines) is 1. The van der Waals surface area contributed by atoms with Crippen LogP contribution in [0, 0.1) is 0 Å². The predicted molar refractivity (Wildman–Crippen MR) is 106 cm³/mol. The van der Waals surface area contributed by atoms with E-state index in [0.717, 1.165) is 18.4 Å². The van der Waals surface area contributed by atoms with E-state index >= 15 is 0 Å². The van der Waals surface area contributed by atoms with E-state index in [1.165, 1.54) is 24.3 Å². The summed E-state index contributed by atoms with van der Waals surface area (Å²) in [5, 5.41) is 2.76. The summed E-state index contributed by atoms with van der Waals surface area (Å²) in [4.78, 5) is 13.7. The van der Waals surface area contributed by atoms with Crippen molar-refractivity contribution in [3.63, 3.8) is 0 Å². The minimum atomic E-state index is -4.66. The van der Waals surface area contributed by atoms with Gasteiger partial charge in [-0.15, -0.1) is 0 Å². The predicted octanol–water partition coefficient (Wildman–Crippen LogP) is 5.70. The quantitative estimate of drug-likeness (QED) is 0.666. The molecule has 2 atom stereocenters. The molecule has 2 aromatic carbocycles. The van der Waals surface area contributed by atoms with E-state index in [1.807, 2.05) is 30.3 Å². The third kappa shape index (κ3) is 6.37. The number of nitrogens with zero attached hydrogens (tertiary/aromatic N) is 1. The molecule has 156 valence electrons. The highest BCUT2D eigenvalue weighted by Crippen LogP contribution is 2.30. The Hall–Kier alpha value is -2.25. The molecule has 4 nitrogen and oxygen atoms in total. The number of alkyl halides is 3. The number of hydrogen-bond donors (Lipinski definition) is 1. The van der Waals surface area contributed by atoms with Crippen LogP contribution in [0.5, 0.6) is 0 Å². The molecule has 29 heavy (non-hydrogen) atoms. The molecular formula is C21H22ClF3N2O2. The van der Waals surface area contributed by atoms with Crippen molar-refractivity contribution in [2.24, 2.45) is 0 Å². The van der Waals surface area contributed by atoms with Crippen LogP contribution in [0.2, 0.25) is 5.02 Å². The molecule has 1 aliphatic heterocycles. The molecule has 0 bridgehead atoms. The lowest BCUT2D eigenvalue weighted by molar-refractivity contribution is -0.207. The van der Waals surface area contributed by atoms with Gasteiger partial charge in [-0.05, 0) is 55.1 Å². The van der Waals surface area contributed by atoms with E-state index in [-0.39, 0.29) is 12.5 Å². The summed E-state index contributed by atoms with van der Waals surface area (Å²) in [6, 6.07) is 15.8. The first-order valence-corrected chi connectivity index (χ1v) is 9.76. The van der Waals surface area contributed by atoms with Crippen LogP contribution in [0.15, 0.2) is 54.6 Å². The van der Waals surface area contributed by atoms with Gasteiger partial charge in [0.05, 0.1) is 0 Å². The molecule has 1 saturated heterocycles. The number of nitrogens with one attached hydrogen (secondary N) is 1. The first kappa shape index (κ1) is 21.5. The fraction of sp³-hybridized carbons (Fsp3) is 0.381. The van der Waals surface area contributed by atoms with Gasteiger partial charge in [0, 0.05) is 23.8 Å². The Bertz CT molecular complexity index is 800. The summed E-state index contributed by atoms with van der Waals surface area (Å²) in [6.07, 6.45) is -6.29. The highest BCUT2D eigenvalue weighted by atomic mass is 35.5. The van der Waals surface area contributed by atoms with E-state index in [2.05, 4.69) is 5.32 Å². The number of rotatable bonds is 5. The fourth-order valence-corrected chi connectivity index (χ4v) is 3.60. The number of halogens is 4. The molecule has 2 aromatic rings. The van der Waals surface area contributed by atoms with Crippen LogP contribution < -0.4 is 5.32 Å². The van der Waals surface area contributed by atoms with Gasteiger partial charge < -0.3 is 4.74 Å². The monoisotopic (exact) mass is 426 g/mol. The second-order valence-corrected chi connectivity index (χ2v) is 7.51. The van der Waals surface area contributed by atoms with Crippen molar-refractivity contribution in [3.8, 4) is 0 Å². The number of carbonyl (C=O) groups excluding carboxylic acids is 1. The Morgan fingerprint density at radius 1 is 1.17 bits per heavy atom. The zero-order valence-corrected chi connectivity index (χ0v) is 16.4. The van der Waals surface area contributed by atoms with Crippen molar-refractivity contribution in [1.29, 1.82) is 0 Å². The van der Waals surface area contributed by atoms with E-state index in [0.29, 0.717) is 23.8 Å². The average Bonchev–Trinajstić information content (AvgIpc) is 2.69. The Balaban J connectivity index is 1.61. The molecule has 1 fully saturated rings. The van der Waals surface area contributed by atoms with Gasteiger partial charge in [0.1, 0.15) is 0 Å². The lowest BCUT2D eigenvalue weighted by Gasteiger charge is -2.35.